The molecule has 1 rings (SSSR count). The molecule has 2 nitrogen and oxygen atoms in total. The minimum Gasteiger partial charge on any atom is -0.385 e. The highest BCUT2D eigenvalue weighted by atomic mass is 35.5. The molecule has 1 aromatic rings. The van der Waals surface area contributed by atoms with E-state index >= 15 is 0 Å². The molecule has 0 spiro atoms. The van der Waals surface area contributed by atoms with E-state index in [1.54, 1.807) is 7.11 Å². The minimum atomic E-state index is 0. The third-order valence-electron chi connectivity index (χ3n) is 2.44. The molecule has 0 fully saturated rings. The van der Waals surface area contributed by atoms with E-state index in [1.807, 2.05) is 12.1 Å². The number of ether oxygens (including phenoxy) is 1. The van der Waals surface area contributed by atoms with Gasteiger partial charge in [-0.3, -0.25) is 0 Å². The smallest absolute Gasteiger partial charge is 0.0462 e. The lowest BCUT2D eigenvalue weighted by Gasteiger charge is -2.05. The van der Waals surface area contributed by atoms with Gasteiger partial charge in [0.1, 0.15) is 0 Å². The summed E-state index contributed by atoms with van der Waals surface area (Å²) in [5, 5.41) is 4.21. The fourth-order valence-corrected chi connectivity index (χ4v) is 1.63. The first-order chi connectivity index (χ1) is 7.83. The molecule has 0 atom stereocenters. The van der Waals surface area contributed by atoms with Crippen LogP contribution < -0.4 is 5.32 Å². The predicted molar refractivity (Wildman–Crippen MR) is 76.1 cm³/mol. The van der Waals surface area contributed by atoms with Crippen molar-refractivity contribution in [2.24, 2.45) is 0 Å². The van der Waals surface area contributed by atoms with Crippen molar-refractivity contribution >= 4 is 24.0 Å². The van der Waals surface area contributed by atoms with Gasteiger partial charge in [0.25, 0.3) is 0 Å². The van der Waals surface area contributed by atoms with Gasteiger partial charge in [-0.1, -0.05) is 23.7 Å². The lowest BCUT2D eigenvalue weighted by molar-refractivity contribution is 0.192. The van der Waals surface area contributed by atoms with Crippen LogP contribution in [0.2, 0.25) is 5.02 Å². The Kier molecular flexibility index (Phi) is 10.7. The number of hydrogen-bond acceptors (Lipinski definition) is 2. The standard InChI is InChI=1S/C13H20ClNO.ClH/c1-16-10-4-2-3-9-15-11-12-5-7-13(14)8-6-12;/h5-8,15H,2-4,9-11H2,1H3;1H. The van der Waals surface area contributed by atoms with Gasteiger partial charge in [-0.25, -0.2) is 0 Å². The van der Waals surface area contributed by atoms with Crippen molar-refractivity contribution in [2.45, 2.75) is 25.8 Å². The Hall–Kier alpha value is -0.280. The Morgan fingerprint density at radius 2 is 1.82 bits per heavy atom. The summed E-state index contributed by atoms with van der Waals surface area (Å²) in [6.07, 6.45) is 3.58. The van der Waals surface area contributed by atoms with E-state index in [0.29, 0.717) is 0 Å². The minimum absolute atomic E-state index is 0. The molecule has 1 N–H and O–H groups in total. The molecule has 4 heteroatoms. The molecule has 0 saturated heterocycles. The van der Waals surface area contributed by atoms with Gasteiger partial charge in [0, 0.05) is 25.3 Å². The molecule has 98 valence electrons. The molecule has 0 heterocycles. The topological polar surface area (TPSA) is 21.3 Å². The lowest BCUT2D eigenvalue weighted by atomic mass is 10.2. The maximum atomic E-state index is 5.81. The van der Waals surface area contributed by atoms with Crippen molar-refractivity contribution in [2.75, 3.05) is 20.3 Å². The summed E-state index contributed by atoms with van der Waals surface area (Å²) in [5.41, 5.74) is 1.28. The third-order valence-corrected chi connectivity index (χ3v) is 2.70. The highest BCUT2D eigenvalue weighted by Gasteiger charge is 1.93. The van der Waals surface area contributed by atoms with Crippen molar-refractivity contribution in [3.05, 3.63) is 34.9 Å². The molecule has 0 aliphatic heterocycles. The van der Waals surface area contributed by atoms with Crippen molar-refractivity contribution < 1.29 is 4.74 Å². The number of halogens is 2. The van der Waals surface area contributed by atoms with Crippen LogP contribution in [0.1, 0.15) is 24.8 Å². The van der Waals surface area contributed by atoms with Gasteiger partial charge >= 0.3 is 0 Å². The van der Waals surface area contributed by atoms with E-state index in [1.165, 1.54) is 18.4 Å². The number of methoxy groups -OCH3 is 1. The normalized spacial score (nSPS) is 10.0. The summed E-state index contributed by atoms with van der Waals surface area (Å²) >= 11 is 5.81. The van der Waals surface area contributed by atoms with Crippen LogP contribution in [0.15, 0.2) is 24.3 Å². The van der Waals surface area contributed by atoms with E-state index in [-0.39, 0.29) is 12.4 Å². The maximum absolute atomic E-state index is 5.81. The first kappa shape index (κ1) is 16.7. The molecular weight excluding hydrogens is 257 g/mol. The van der Waals surface area contributed by atoms with Gasteiger partial charge in [0.2, 0.25) is 0 Å². The van der Waals surface area contributed by atoms with E-state index in [4.69, 9.17) is 16.3 Å². The monoisotopic (exact) mass is 277 g/mol. The Morgan fingerprint density at radius 1 is 1.12 bits per heavy atom. The second-order valence-electron chi connectivity index (χ2n) is 3.86. The highest BCUT2D eigenvalue weighted by Crippen LogP contribution is 2.09. The molecule has 0 saturated carbocycles. The van der Waals surface area contributed by atoms with Crippen molar-refractivity contribution in [3.63, 3.8) is 0 Å². The van der Waals surface area contributed by atoms with Crippen LogP contribution in [0.25, 0.3) is 0 Å². The predicted octanol–water partition coefficient (Wildman–Crippen LogP) is 3.67. The van der Waals surface area contributed by atoms with E-state index in [9.17, 15) is 0 Å². The molecule has 1 aromatic carbocycles. The van der Waals surface area contributed by atoms with E-state index in [0.717, 1.165) is 31.1 Å². The molecule has 0 radical (unpaired) electrons. The molecule has 17 heavy (non-hydrogen) atoms. The number of hydrogen-bond donors (Lipinski definition) is 1. The third kappa shape index (κ3) is 8.44. The fourth-order valence-electron chi connectivity index (χ4n) is 1.51. The molecule has 0 unspecified atom stereocenters. The van der Waals surface area contributed by atoms with Crippen molar-refractivity contribution in [3.8, 4) is 0 Å². The average molecular weight is 278 g/mol. The zero-order chi connectivity index (χ0) is 11.6. The molecule has 0 aliphatic carbocycles. The Balaban J connectivity index is 0.00000256. The van der Waals surface area contributed by atoms with Gasteiger partial charge in [-0.15, -0.1) is 12.4 Å². The molecule has 0 amide bonds. The SMILES string of the molecule is COCCCCCNCc1ccc(Cl)cc1.Cl. The zero-order valence-corrected chi connectivity index (χ0v) is 11.8. The van der Waals surface area contributed by atoms with Gasteiger partial charge in [-0.2, -0.15) is 0 Å². The summed E-state index contributed by atoms with van der Waals surface area (Å²) < 4.78 is 5.00. The van der Waals surface area contributed by atoms with E-state index in [2.05, 4.69) is 17.4 Å². The molecule has 0 aliphatic rings. The van der Waals surface area contributed by atoms with Crippen LogP contribution in [-0.2, 0) is 11.3 Å². The Bertz CT molecular complexity index is 277. The summed E-state index contributed by atoms with van der Waals surface area (Å²) in [6, 6.07) is 7.97. The van der Waals surface area contributed by atoms with Gasteiger partial charge in [-0.05, 0) is 43.5 Å². The van der Waals surface area contributed by atoms with Crippen LogP contribution in [0.5, 0.6) is 0 Å². The zero-order valence-electron chi connectivity index (χ0n) is 10.2. The second-order valence-corrected chi connectivity index (χ2v) is 4.29. The van der Waals surface area contributed by atoms with Crippen LogP contribution in [0.3, 0.4) is 0 Å². The summed E-state index contributed by atoms with van der Waals surface area (Å²) in [7, 11) is 1.75. The average Bonchev–Trinajstić information content (AvgIpc) is 2.30. The number of unbranched alkanes of at least 4 members (excludes halogenated alkanes) is 2. The summed E-state index contributed by atoms with van der Waals surface area (Å²) in [4.78, 5) is 0. The van der Waals surface area contributed by atoms with Crippen LogP contribution in [0.4, 0.5) is 0 Å². The summed E-state index contributed by atoms with van der Waals surface area (Å²) in [5.74, 6) is 0. The molecule has 0 bridgehead atoms. The van der Waals surface area contributed by atoms with Gasteiger partial charge in [0.05, 0.1) is 0 Å². The Morgan fingerprint density at radius 3 is 2.47 bits per heavy atom. The van der Waals surface area contributed by atoms with Gasteiger partial charge in [0.15, 0.2) is 0 Å². The largest absolute Gasteiger partial charge is 0.385 e. The van der Waals surface area contributed by atoms with Gasteiger partial charge < -0.3 is 10.1 Å². The number of nitrogens with one attached hydrogen (secondary N) is 1. The molecule has 0 aromatic heterocycles. The van der Waals surface area contributed by atoms with Crippen molar-refractivity contribution in [1.82, 2.24) is 5.32 Å². The lowest BCUT2D eigenvalue weighted by Crippen LogP contribution is -2.14. The summed E-state index contributed by atoms with van der Waals surface area (Å²) in [6.45, 7) is 2.85. The second kappa shape index (κ2) is 10.8. The number of rotatable bonds is 8. The first-order valence-electron chi connectivity index (χ1n) is 5.77. The molecular formula is C13H21Cl2NO. The van der Waals surface area contributed by atoms with Crippen LogP contribution in [0, 0.1) is 0 Å². The maximum Gasteiger partial charge on any atom is 0.0462 e. The highest BCUT2D eigenvalue weighted by molar-refractivity contribution is 6.30. The number of benzene rings is 1. The van der Waals surface area contributed by atoms with Crippen LogP contribution >= 0.6 is 24.0 Å². The van der Waals surface area contributed by atoms with Crippen molar-refractivity contribution in [1.29, 1.82) is 0 Å². The van der Waals surface area contributed by atoms with E-state index < -0.39 is 0 Å². The van der Waals surface area contributed by atoms with Crippen LogP contribution in [-0.4, -0.2) is 20.3 Å². The fraction of sp³-hybridized carbons (Fsp3) is 0.538. The first-order valence-corrected chi connectivity index (χ1v) is 6.15. The quantitative estimate of drug-likeness (QED) is 0.733. The Labute approximate surface area is 115 Å².